The van der Waals surface area contributed by atoms with E-state index in [4.69, 9.17) is 4.74 Å². The third-order valence-corrected chi connectivity index (χ3v) is 2.72. The lowest BCUT2D eigenvalue weighted by molar-refractivity contribution is 0.159. The van der Waals surface area contributed by atoms with Crippen LogP contribution in [0.3, 0.4) is 0 Å². The Labute approximate surface area is 97.4 Å². The Hall–Kier alpha value is -1.06. The summed E-state index contributed by atoms with van der Waals surface area (Å²) in [6, 6.07) is 7.91. The summed E-state index contributed by atoms with van der Waals surface area (Å²) in [5, 5.41) is 12.9. The van der Waals surface area contributed by atoms with Crippen LogP contribution in [-0.4, -0.2) is 24.9 Å². The molecule has 1 rings (SSSR count). The van der Waals surface area contributed by atoms with Crippen molar-refractivity contribution in [1.29, 1.82) is 0 Å². The first-order valence-electron chi connectivity index (χ1n) is 5.71. The molecule has 0 saturated carbocycles. The molecule has 0 spiro atoms. The Bertz CT molecular complexity index is 315. The number of benzene rings is 1. The number of hydrogen-bond acceptors (Lipinski definition) is 3. The maximum Gasteiger partial charge on any atom is 0.115 e. The minimum Gasteiger partial charge on any atom is -0.508 e. The monoisotopic (exact) mass is 223 g/mol. The fourth-order valence-electron chi connectivity index (χ4n) is 1.73. The number of ether oxygens (including phenoxy) is 1. The third kappa shape index (κ3) is 3.83. The van der Waals surface area contributed by atoms with Gasteiger partial charge >= 0.3 is 0 Å². The van der Waals surface area contributed by atoms with Crippen LogP contribution in [0.2, 0.25) is 0 Å². The average molecular weight is 223 g/mol. The molecule has 0 saturated heterocycles. The SMILES string of the molecule is CCC(COC)N[C@H](C)c1cccc(O)c1. The second-order valence-corrected chi connectivity index (χ2v) is 4.04. The molecule has 90 valence electrons. The summed E-state index contributed by atoms with van der Waals surface area (Å²) in [7, 11) is 1.71. The Kier molecular flexibility index (Phi) is 5.29. The molecule has 0 aliphatic carbocycles. The van der Waals surface area contributed by atoms with Gasteiger partial charge < -0.3 is 15.2 Å². The van der Waals surface area contributed by atoms with E-state index in [9.17, 15) is 5.11 Å². The van der Waals surface area contributed by atoms with Crippen LogP contribution < -0.4 is 5.32 Å². The van der Waals surface area contributed by atoms with E-state index < -0.39 is 0 Å². The highest BCUT2D eigenvalue weighted by Gasteiger charge is 2.11. The molecule has 1 unspecified atom stereocenters. The van der Waals surface area contributed by atoms with E-state index in [1.807, 2.05) is 12.1 Å². The number of phenols is 1. The number of methoxy groups -OCH3 is 1. The van der Waals surface area contributed by atoms with Crippen LogP contribution in [0.5, 0.6) is 5.75 Å². The Morgan fingerprint density at radius 3 is 2.75 bits per heavy atom. The van der Waals surface area contributed by atoms with Crippen LogP contribution in [0, 0.1) is 0 Å². The van der Waals surface area contributed by atoms with E-state index in [1.54, 1.807) is 19.2 Å². The maximum atomic E-state index is 9.40. The lowest BCUT2D eigenvalue weighted by Gasteiger charge is -2.22. The zero-order chi connectivity index (χ0) is 12.0. The van der Waals surface area contributed by atoms with Crippen molar-refractivity contribution in [2.45, 2.75) is 32.4 Å². The molecule has 0 aliphatic heterocycles. The molecule has 1 aromatic carbocycles. The number of nitrogens with one attached hydrogen (secondary N) is 1. The van der Waals surface area contributed by atoms with Crippen molar-refractivity contribution in [1.82, 2.24) is 5.32 Å². The van der Waals surface area contributed by atoms with Crippen LogP contribution in [0.1, 0.15) is 31.9 Å². The van der Waals surface area contributed by atoms with E-state index in [0.29, 0.717) is 18.4 Å². The van der Waals surface area contributed by atoms with Crippen LogP contribution in [0.4, 0.5) is 0 Å². The molecule has 0 aliphatic rings. The van der Waals surface area contributed by atoms with Gasteiger partial charge in [0.15, 0.2) is 0 Å². The molecule has 0 amide bonds. The van der Waals surface area contributed by atoms with Gasteiger partial charge in [-0.05, 0) is 31.0 Å². The Morgan fingerprint density at radius 1 is 1.44 bits per heavy atom. The molecule has 0 heterocycles. The molecule has 16 heavy (non-hydrogen) atoms. The van der Waals surface area contributed by atoms with Crippen molar-refractivity contribution in [3.63, 3.8) is 0 Å². The predicted molar refractivity (Wildman–Crippen MR) is 65.6 cm³/mol. The number of rotatable bonds is 6. The third-order valence-electron chi connectivity index (χ3n) is 2.72. The van der Waals surface area contributed by atoms with Crippen LogP contribution in [0.25, 0.3) is 0 Å². The van der Waals surface area contributed by atoms with Gasteiger partial charge in [-0.25, -0.2) is 0 Å². The molecule has 1 aromatic rings. The van der Waals surface area contributed by atoms with Gasteiger partial charge in [-0.15, -0.1) is 0 Å². The first kappa shape index (κ1) is 13.0. The van der Waals surface area contributed by atoms with E-state index in [2.05, 4.69) is 19.2 Å². The number of aromatic hydroxyl groups is 1. The molecule has 3 heteroatoms. The second kappa shape index (κ2) is 6.51. The fraction of sp³-hybridized carbons (Fsp3) is 0.538. The molecule has 2 N–H and O–H groups in total. The average Bonchev–Trinajstić information content (AvgIpc) is 2.28. The normalized spacial score (nSPS) is 14.7. The molecular formula is C13H21NO2. The molecule has 0 fully saturated rings. The minimum absolute atomic E-state index is 0.215. The van der Waals surface area contributed by atoms with Crippen molar-refractivity contribution in [3.8, 4) is 5.75 Å². The Morgan fingerprint density at radius 2 is 2.19 bits per heavy atom. The lowest BCUT2D eigenvalue weighted by Crippen LogP contribution is -2.34. The molecular weight excluding hydrogens is 202 g/mol. The van der Waals surface area contributed by atoms with Gasteiger partial charge in [0.1, 0.15) is 5.75 Å². The quantitative estimate of drug-likeness (QED) is 0.778. The molecule has 3 nitrogen and oxygen atoms in total. The zero-order valence-corrected chi connectivity index (χ0v) is 10.2. The number of hydrogen-bond donors (Lipinski definition) is 2. The van der Waals surface area contributed by atoms with Gasteiger partial charge in [-0.2, -0.15) is 0 Å². The van der Waals surface area contributed by atoms with Crippen molar-refractivity contribution in [2.75, 3.05) is 13.7 Å². The summed E-state index contributed by atoms with van der Waals surface area (Å²) in [4.78, 5) is 0. The van der Waals surface area contributed by atoms with Crippen molar-refractivity contribution >= 4 is 0 Å². The highest BCUT2D eigenvalue weighted by atomic mass is 16.5. The highest BCUT2D eigenvalue weighted by molar-refractivity contribution is 5.29. The smallest absolute Gasteiger partial charge is 0.115 e. The van der Waals surface area contributed by atoms with Gasteiger partial charge in [0.05, 0.1) is 6.61 Å². The van der Waals surface area contributed by atoms with Gasteiger partial charge in [-0.3, -0.25) is 0 Å². The second-order valence-electron chi connectivity index (χ2n) is 4.04. The molecule has 0 aromatic heterocycles. The summed E-state index contributed by atoms with van der Waals surface area (Å²) in [6.45, 7) is 4.93. The van der Waals surface area contributed by atoms with Crippen LogP contribution in [0.15, 0.2) is 24.3 Å². The van der Waals surface area contributed by atoms with Gasteiger partial charge in [0, 0.05) is 19.2 Å². The number of phenolic OH excluding ortho intramolecular Hbond substituents is 1. The largest absolute Gasteiger partial charge is 0.508 e. The first-order chi connectivity index (χ1) is 7.67. The predicted octanol–water partition coefficient (Wildman–Crippen LogP) is 2.47. The zero-order valence-electron chi connectivity index (χ0n) is 10.2. The molecule has 0 radical (unpaired) electrons. The summed E-state index contributed by atoms with van der Waals surface area (Å²) in [6.07, 6.45) is 1.02. The van der Waals surface area contributed by atoms with E-state index in [1.165, 1.54) is 0 Å². The van der Waals surface area contributed by atoms with Gasteiger partial charge in [0.25, 0.3) is 0 Å². The Balaban J connectivity index is 2.60. The molecule has 2 atom stereocenters. The highest BCUT2D eigenvalue weighted by Crippen LogP contribution is 2.18. The van der Waals surface area contributed by atoms with Crippen molar-refractivity contribution < 1.29 is 9.84 Å². The summed E-state index contributed by atoms with van der Waals surface area (Å²) in [5.74, 6) is 0.311. The van der Waals surface area contributed by atoms with Crippen molar-refractivity contribution in [3.05, 3.63) is 29.8 Å². The van der Waals surface area contributed by atoms with Gasteiger partial charge in [-0.1, -0.05) is 19.1 Å². The lowest BCUT2D eigenvalue weighted by atomic mass is 10.1. The topological polar surface area (TPSA) is 41.5 Å². The minimum atomic E-state index is 0.215. The van der Waals surface area contributed by atoms with Crippen molar-refractivity contribution in [2.24, 2.45) is 0 Å². The van der Waals surface area contributed by atoms with Crippen LogP contribution >= 0.6 is 0 Å². The summed E-state index contributed by atoms with van der Waals surface area (Å²) in [5.41, 5.74) is 1.09. The van der Waals surface area contributed by atoms with Crippen LogP contribution in [-0.2, 0) is 4.74 Å². The molecule has 0 bridgehead atoms. The van der Waals surface area contributed by atoms with Gasteiger partial charge in [0.2, 0.25) is 0 Å². The standard InChI is InChI=1S/C13H21NO2/c1-4-12(9-16-3)14-10(2)11-6-5-7-13(15)8-11/h5-8,10,12,14-15H,4,9H2,1-3H3/t10-,12?/m1/s1. The first-order valence-corrected chi connectivity index (χ1v) is 5.71. The van der Waals surface area contributed by atoms with E-state index in [0.717, 1.165) is 12.0 Å². The fourth-order valence-corrected chi connectivity index (χ4v) is 1.73. The van der Waals surface area contributed by atoms with E-state index in [-0.39, 0.29) is 6.04 Å². The summed E-state index contributed by atoms with van der Waals surface area (Å²) >= 11 is 0. The maximum absolute atomic E-state index is 9.40. The van der Waals surface area contributed by atoms with E-state index >= 15 is 0 Å². The summed E-state index contributed by atoms with van der Waals surface area (Å²) < 4.78 is 5.14.